The van der Waals surface area contributed by atoms with E-state index in [0.717, 1.165) is 12.1 Å². The van der Waals surface area contributed by atoms with E-state index in [9.17, 15) is 32.9 Å². The number of anilines is 1. The molecule has 1 unspecified atom stereocenters. The number of alkyl halides is 3. The number of nitrogens with zero attached hydrogens (tertiary/aromatic N) is 1. The fourth-order valence-corrected chi connectivity index (χ4v) is 2.08. The molecule has 10 heteroatoms. The number of amides is 1. The zero-order valence-corrected chi connectivity index (χ0v) is 13.8. The quantitative estimate of drug-likeness (QED) is 0.482. The summed E-state index contributed by atoms with van der Waals surface area (Å²) in [5.41, 5.74) is -2.67. The molecule has 2 aromatic carbocycles. The Morgan fingerprint density at radius 1 is 1.15 bits per heavy atom. The third-order valence-corrected chi connectivity index (χ3v) is 3.44. The van der Waals surface area contributed by atoms with Crippen LogP contribution in [0.4, 0.5) is 24.5 Å². The minimum absolute atomic E-state index is 0.170. The largest absolute Gasteiger partial charge is 0.449 e. The van der Waals surface area contributed by atoms with Gasteiger partial charge in [0.25, 0.3) is 11.6 Å². The standard InChI is InChI=1S/C17H13F3N2O5/c1-10(27-16(24)11-5-3-2-4-6-11)15(23)21-14-8-7-12(22(25)26)9-13(14)17(18,19)20/h2-10H,1H3,(H,21,23). The highest BCUT2D eigenvalue weighted by atomic mass is 19.4. The molecule has 7 nitrogen and oxygen atoms in total. The minimum Gasteiger partial charge on any atom is -0.449 e. The fourth-order valence-electron chi connectivity index (χ4n) is 2.08. The van der Waals surface area contributed by atoms with Crippen LogP contribution in [0.3, 0.4) is 0 Å². The van der Waals surface area contributed by atoms with Gasteiger partial charge in [-0.2, -0.15) is 13.2 Å². The molecule has 0 fully saturated rings. The van der Waals surface area contributed by atoms with Crippen molar-refractivity contribution in [3.63, 3.8) is 0 Å². The summed E-state index contributed by atoms with van der Waals surface area (Å²) in [4.78, 5) is 33.7. The lowest BCUT2D eigenvalue weighted by atomic mass is 10.1. The van der Waals surface area contributed by atoms with E-state index in [0.29, 0.717) is 6.07 Å². The van der Waals surface area contributed by atoms with Crippen molar-refractivity contribution in [3.8, 4) is 0 Å². The molecule has 0 saturated heterocycles. The summed E-state index contributed by atoms with van der Waals surface area (Å²) in [6, 6.07) is 9.63. The molecule has 0 bridgehead atoms. The number of benzene rings is 2. The normalized spacial score (nSPS) is 12.1. The van der Waals surface area contributed by atoms with Crippen LogP contribution in [0, 0.1) is 10.1 Å². The van der Waals surface area contributed by atoms with E-state index in [1.807, 2.05) is 5.32 Å². The van der Waals surface area contributed by atoms with Crippen LogP contribution in [0.5, 0.6) is 0 Å². The molecule has 1 N–H and O–H groups in total. The predicted molar refractivity (Wildman–Crippen MR) is 88.0 cm³/mol. The molecule has 27 heavy (non-hydrogen) atoms. The van der Waals surface area contributed by atoms with Crippen molar-refractivity contribution in [1.29, 1.82) is 0 Å². The molecule has 2 aromatic rings. The van der Waals surface area contributed by atoms with E-state index in [-0.39, 0.29) is 5.56 Å². The second-order valence-corrected chi connectivity index (χ2v) is 5.39. The van der Waals surface area contributed by atoms with Crippen molar-refractivity contribution >= 4 is 23.3 Å². The average Bonchev–Trinajstić information content (AvgIpc) is 2.61. The van der Waals surface area contributed by atoms with Gasteiger partial charge in [0, 0.05) is 12.1 Å². The number of hydrogen-bond acceptors (Lipinski definition) is 5. The van der Waals surface area contributed by atoms with Gasteiger partial charge in [0.15, 0.2) is 6.10 Å². The van der Waals surface area contributed by atoms with E-state index in [2.05, 4.69) is 0 Å². The summed E-state index contributed by atoms with van der Waals surface area (Å²) in [5.74, 6) is -1.84. The molecular formula is C17H13F3N2O5. The first-order valence-electron chi connectivity index (χ1n) is 7.52. The van der Waals surface area contributed by atoms with Crippen LogP contribution < -0.4 is 5.32 Å². The lowest BCUT2D eigenvalue weighted by molar-refractivity contribution is -0.385. The number of rotatable bonds is 5. The monoisotopic (exact) mass is 382 g/mol. The number of nitrogens with one attached hydrogen (secondary N) is 1. The Kier molecular flexibility index (Phi) is 5.78. The fraction of sp³-hybridized carbons (Fsp3) is 0.176. The zero-order chi connectivity index (χ0) is 20.2. The number of nitro benzene ring substituents is 1. The van der Waals surface area contributed by atoms with Crippen molar-refractivity contribution in [1.82, 2.24) is 0 Å². The van der Waals surface area contributed by atoms with Crippen LogP contribution in [-0.2, 0) is 15.7 Å². The molecular weight excluding hydrogens is 369 g/mol. The molecule has 0 saturated carbocycles. The lowest BCUT2D eigenvalue weighted by Crippen LogP contribution is -2.30. The van der Waals surface area contributed by atoms with Gasteiger partial charge in [-0.05, 0) is 25.1 Å². The number of hydrogen-bond donors (Lipinski definition) is 1. The van der Waals surface area contributed by atoms with Gasteiger partial charge >= 0.3 is 12.1 Å². The Morgan fingerprint density at radius 3 is 2.33 bits per heavy atom. The Morgan fingerprint density at radius 2 is 1.78 bits per heavy atom. The zero-order valence-electron chi connectivity index (χ0n) is 13.8. The number of esters is 1. The van der Waals surface area contributed by atoms with Gasteiger partial charge in [0.2, 0.25) is 0 Å². The highest BCUT2D eigenvalue weighted by molar-refractivity contribution is 5.97. The van der Waals surface area contributed by atoms with Crippen molar-refractivity contribution in [3.05, 3.63) is 69.8 Å². The van der Waals surface area contributed by atoms with Crippen molar-refractivity contribution in [2.45, 2.75) is 19.2 Å². The maximum atomic E-state index is 13.1. The summed E-state index contributed by atoms with van der Waals surface area (Å²) < 4.78 is 44.3. The summed E-state index contributed by atoms with van der Waals surface area (Å²) in [7, 11) is 0. The smallest absolute Gasteiger partial charge is 0.418 e. The van der Waals surface area contributed by atoms with Crippen LogP contribution >= 0.6 is 0 Å². The molecule has 142 valence electrons. The van der Waals surface area contributed by atoms with Crippen molar-refractivity contribution < 1.29 is 32.4 Å². The second-order valence-electron chi connectivity index (χ2n) is 5.39. The lowest BCUT2D eigenvalue weighted by Gasteiger charge is -2.16. The maximum absolute atomic E-state index is 13.1. The summed E-state index contributed by atoms with van der Waals surface area (Å²) in [6.45, 7) is 1.19. The summed E-state index contributed by atoms with van der Waals surface area (Å²) >= 11 is 0. The second kappa shape index (κ2) is 7.85. The van der Waals surface area contributed by atoms with Gasteiger partial charge in [-0.1, -0.05) is 18.2 Å². The first-order valence-corrected chi connectivity index (χ1v) is 7.52. The number of carbonyl (C=O) groups is 2. The topological polar surface area (TPSA) is 98.5 Å². The SMILES string of the molecule is CC(OC(=O)c1ccccc1)C(=O)Nc1ccc([N+](=O)[O-])cc1C(F)(F)F. The van der Waals surface area contributed by atoms with Gasteiger partial charge < -0.3 is 10.1 Å². The van der Waals surface area contributed by atoms with E-state index in [4.69, 9.17) is 4.74 Å². The van der Waals surface area contributed by atoms with Crippen LogP contribution in [0.15, 0.2) is 48.5 Å². The first-order chi connectivity index (χ1) is 12.6. The number of ether oxygens (including phenoxy) is 1. The van der Waals surface area contributed by atoms with E-state index >= 15 is 0 Å². The molecule has 0 aliphatic heterocycles. The number of halogens is 3. The molecule has 0 radical (unpaired) electrons. The molecule has 0 aliphatic rings. The van der Waals surface area contributed by atoms with E-state index in [1.54, 1.807) is 18.2 Å². The molecule has 1 amide bonds. The van der Waals surface area contributed by atoms with Gasteiger partial charge in [0.05, 0.1) is 21.7 Å². The Bertz CT molecular complexity index is 869. The van der Waals surface area contributed by atoms with Crippen molar-refractivity contribution in [2.75, 3.05) is 5.32 Å². The Labute approximate surface area is 150 Å². The molecule has 0 aromatic heterocycles. The van der Waals surface area contributed by atoms with E-state index in [1.165, 1.54) is 19.1 Å². The molecule has 0 heterocycles. The van der Waals surface area contributed by atoms with E-state index < -0.39 is 46.0 Å². The summed E-state index contributed by atoms with van der Waals surface area (Å²) in [6.07, 6.45) is -6.33. The molecule has 0 spiro atoms. The van der Waals surface area contributed by atoms with Gasteiger partial charge in [0.1, 0.15) is 0 Å². The maximum Gasteiger partial charge on any atom is 0.418 e. The highest BCUT2D eigenvalue weighted by Crippen LogP contribution is 2.37. The van der Waals surface area contributed by atoms with Crippen LogP contribution in [0.1, 0.15) is 22.8 Å². The molecule has 0 aliphatic carbocycles. The van der Waals surface area contributed by atoms with Gasteiger partial charge in [-0.15, -0.1) is 0 Å². The Balaban J connectivity index is 2.17. The van der Waals surface area contributed by atoms with Crippen LogP contribution in [-0.4, -0.2) is 22.9 Å². The number of nitro groups is 1. The number of non-ortho nitro benzene ring substituents is 1. The van der Waals surface area contributed by atoms with Gasteiger partial charge in [-0.3, -0.25) is 14.9 Å². The average molecular weight is 382 g/mol. The van der Waals surface area contributed by atoms with Crippen LogP contribution in [0.2, 0.25) is 0 Å². The summed E-state index contributed by atoms with van der Waals surface area (Å²) in [5, 5.41) is 12.7. The predicted octanol–water partition coefficient (Wildman–Crippen LogP) is 3.80. The molecule has 1 atom stereocenters. The minimum atomic E-state index is -4.93. The number of carbonyl (C=O) groups excluding carboxylic acids is 2. The first kappa shape index (κ1) is 19.9. The highest BCUT2D eigenvalue weighted by Gasteiger charge is 2.36. The third kappa shape index (κ3) is 5.03. The van der Waals surface area contributed by atoms with Crippen molar-refractivity contribution in [2.24, 2.45) is 0 Å². The van der Waals surface area contributed by atoms with Gasteiger partial charge in [-0.25, -0.2) is 4.79 Å². The third-order valence-electron chi connectivity index (χ3n) is 3.44. The molecule has 2 rings (SSSR count). The van der Waals surface area contributed by atoms with Crippen LogP contribution in [0.25, 0.3) is 0 Å². The Hall–Kier alpha value is -3.43.